The summed E-state index contributed by atoms with van der Waals surface area (Å²) in [4.78, 5) is 16.1. The molecule has 0 bridgehead atoms. The Bertz CT molecular complexity index is 726. The first kappa shape index (κ1) is 12.5. The molecule has 0 spiro atoms. The second-order valence-corrected chi connectivity index (χ2v) is 4.85. The molecule has 3 rings (SSSR count). The second-order valence-electron chi connectivity index (χ2n) is 4.85. The summed E-state index contributed by atoms with van der Waals surface area (Å²) in [6.07, 6.45) is 4.98. The average molecular weight is 261 g/mol. The molecule has 0 aromatic heterocycles. The monoisotopic (exact) mass is 261 g/mol. The van der Waals surface area contributed by atoms with E-state index in [-0.39, 0.29) is 5.78 Å². The first-order valence-corrected chi connectivity index (χ1v) is 6.68. The molecule has 0 fully saturated rings. The van der Waals surface area contributed by atoms with Gasteiger partial charge in [-0.05, 0) is 42.2 Å². The number of Topliss-reactive ketones (excluding diaryl/α,β-unsaturated/α-hetero) is 1. The quantitative estimate of drug-likeness (QED) is 0.600. The van der Waals surface area contributed by atoms with Gasteiger partial charge in [-0.15, -0.1) is 0 Å². The van der Waals surface area contributed by atoms with Crippen molar-refractivity contribution >= 4 is 23.3 Å². The molecule has 0 aliphatic heterocycles. The lowest BCUT2D eigenvalue weighted by Crippen LogP contribution is -1.92. The summed E-state index contributed by atoms with van der Waals surface area (Å²) in [6, 6.07) is 15.8. The molecule has 20 heavy (non-hydrogen) atoms. The molecule has 2 nitrogen and oxygen atoms in total. The molecule has 0 amide bonds. The van der Waals surface area contributed by atoms with E-state index in [2.05, 4.69) is 29.3 Å². The number of hydrogen-bond donors (Lipinski definition) is 0. The summed E-state index contributed by atoms with van der Waals surface area (Å²) in [7, 11) is 0. The van der Waals surface area contributed by atoms with Crippen molar-refractivity contribution in [1.82, 2.24) is 0 Å². The number of benzene rings is 2. The van der Waals surface area contributed by atoms with Gasteiger partial charge in [0.2, 0.25) is 0 Å². The molecular weight excluding hydrogens is 246 g/mol. The third-order valence-electron chi connectivity index (χ3n) is 3.50. The summed E-state index contributed by atoms with van der Waals surface area (Å²) in [6.45, 7) is 1.57. The maximum Gasteiger partial charge on any atom is 0.161 e. The minimum absolute atomic E-state index is 0.0403. The summed E-state index contributed by atoms with van der Waals surface area (Å²) >= 11 is 0. The van der Waals surface area contributed by atoms with Gasteiger partial charge >= 0.3 is 0 Å². The van der Waals surface area contributed by atoms with Crippen molar-refractivity contribution in [2.75, 3.05) is 0 Å². The van der Waals surface area contributed by atoms with Crippen molar-refractivity contribution in [2.45, 2.75) is 13.3 Å². The van der Waals surface area contributed by atoms with E-state index in [1.807, 2.05) is 36.5 Å². The van der Waals surface area contributed by atoms with Crippen LogP contribution in [0.2, 0.25) is 0 Å². The Morgan fingerprint density at radius 2 is 1.85 bits per heavy atom. The summed E-state index contributed by atoms with van der Waals surface area (Å²) in [5.41, 5.74) is 5.07. The lowest BCUT2D eigenvalue weighted by molar-refractivity contribution is 0.101. The lowest BCUT2D eigenvalue weighted by atomic mass is 10.1. The SMILES string of the molecule is CC(=O)c1ccccc1N=CC1=CCc2ccccc21. The number of aliphatic imine (C=N–C) groups is 1. The van der Waals surface area contributed by atoms with E-state index in [1.165, 1.54) is 11.1 Å². The van der Waals surface area contributed by atoms with Gasteiger partial charge < -0.3 is 0 Å². The zero-order valence-corrected chi connectivity index (χ0v) is 11.3. The third kappa shape index (κ3) is 2.32. The molecule has 1 aliphatic carbocycles. The Morgan fingerprint density at radius 3 is 2.70 bits per heavy atom. The van der Waals surface area contributed by atoms with Crippen LogP contribution in [0, 0.1) is 0 Å². The number of allylic oxidation sites excluding steroid dienone is 2. The highest BCUT2D eigenvalue weighted by Gasteiger charge is 2.11. The predicted molar refractivity (Wildman–Crippen MR) is 82.7 cm³/mol. The van der Waals surface area contributed by atoms with Crippen LogP contribution in [0.4, 0.5) is 5.69 Å². The van der Waals surface area contributed by atoms with Gasteiger partial charge in [0.1, 0.15) is 0 Å². The first-order chi connectivity index (χ1) is 9.75. The van der Waals surface area contributed by atoms with Crippen LogP contribution in [0.15, 0.2) is 59.6 Å². The molecule has 2 heteroatoms. The number of hydrogen-bond acceptors (Lipinski definition) is 2. The number of carbonyl (C=O) groups is 1. The number of rotatable bonds is 3. The van der Waals surface area contributed by atoms with Gasteiger partial charge in [0, 0.05) is 11.8 Å². The molecule has 2 aromatic carbocycles. The third-order valence-corrected chi connectivity index (χ3v) is 3.50. The predicted octanol–water partition coefficient (Wildman–Crippen LogP) is 4.23. The van der Waals surface area contributed by atoms with Gasteiger partial charge in [-0.1, -0.05) is 42.5 Å². The molecule has 0 saturated carbocycles. The van der Waals surface area contributed by atoms with E-state index in [0.29, 0.717) is 5.56 Å². The number of para-hydroxylation sites is 1. The fraction of sp³-hybridized carbons (Fsp3) is 0.111. The number of ketones is 1. The number of carbonyl (C=O) groups excluding carboxylic acids is 1. The molecule has 0 atom stereocenters. The maximum absolute atomic E-state index is 11.6. The van der Waals surface area contributed by atoms with Gasteiger partial charge in [0.15, 0.2) is 5.78 Å². The van der Waals surface area contributed by atoms with Crippen LogP contribution in [0.3, 0.4) is 0 Å². The van der Waals surface area contributed by atoms with Crippen molar-refractivity contribution in [2.24, 2.45) is 4.99 Å². The molecule has 0 N–H and O–H groups in total. The molecule has 0 heterocycles. The van der Waals surface area contributed by atoms with Crippen LogP contribution in [0.5, 0.6) is 0 Å². The maximum atomic E-state index is 11.6. The van der Waals surface area contributed by atoms with E-state index in [9.17, 15) is 4.79 Å². The van der Waals surface area contributed by atoms with Crippen LogP contribution >= 0.6 is 0 Å². The average Bonchev–Trinajstić information content (AvgIpc) is 2.88. The minimum atomic E-state index is 0.0403. The minimum Gasteiger partial charge on any atom is -0.294 e. The standard InChI is InChI=1S/C18H15NO/c1-13(20)16-7-4-5-9-18(16)19-12-15-11-10-14-6-2-3-8-17(14)15/h2-9,11-12H,10H2,1H3. The van der Waals surface area contributed by atoms with Crippen molar-refractivity contribution in [1.29, 1.82) is 0 Å². The van der Waals surface area contributed by atoms with Gasteiger partial charge in [-0.2, -0.15) is 0 Å². The zero-order valence-electron chi connectivity index (χ0n) is 11.3. The fourth-order valence-corrected chi connectivity index (χ4v) is 2.46. The van der Waals surface area contributed by atoms with Crippen LogP contribution in [-0.4, -0.2) is 12.0 Å². The topological polar surface area (TPSA) is 29.4 Å². The van der Waals surface area contributed by atoms with Crippen LogP contribution in [0.25, 0.3) is 5.57 Å². The normalized spacial score (nSPS) is 13.3. The molecule has 98 valence electrons. The zero-order chi connectivity index (χ0) is 13.9. The van der Waals surface area contributed by atoms with Gasteiger partial charge in [-0.3, -0.25) is 9.79 Å². The summed E-state index contributed by atoms with van der Waals surface area (Å²) in [5.74, 6) is 0.0403. The lowest BCUT2D eigenvalue weighted by Gasteiger charge is -2.02. The van der Waals surface area contributed by atoms with E-state index in [0.717, 1.165) is 17.7 Å². The summed E-state index contributed by atoms with van der Waals surface area (Å²) < 4.78 is 0. The second kappa shape index (κ2) is 5.25. The van der Waals surface area contributed by atoms with Crippen molar-refractivity contribution in [3.63, 3.8) is 0 Å². The highest BCUT2D eigenvalue weighted by Crippen LogP contribution is 2.27. The van der Waals surface area contributed by atoms with E-state index >= 15 is 0 Å². The Kier molecular flexibility index (Phi) is 3.30. The van der Waals surface area contributed by atoms with Crippen molar-refractivity contribution < 1.29 is 4.79 Å². The van der Waals surface area contributed by atoms with Crippen LogP contribution in [0.1, 0.15) is 28.4 Å². The first-order valence-electron chi connectivity index (χ1n) is 6.68. The number of fused-ring (bicyclic) bond motifs is 1. The van der Waals surface area contributed by atoms with Crippen LogP contribution < -0.4 is 0 Å². The van der Waals surface area contributed by atoms with Crippen LogP contribution in [-0.2, 0) is 6.42 Å². The Balaban J connectivity index is 1.92. The number of nitrogens with zero attached hydrogens (tertiary/aromatic N) is 1. The van der Waals surface area contributed by atoms with Gasteiger partial charge in [0.25, 0.3) is 0 Å². The highest BCUT2D eigenvalue weighted by atomic mass is 16.1. The Labute approximate surface area is 118 Å². The van der Waals surface area contributed by atoms with Crippen molar-refractivity contribution in [3.05, 3.63) is 71.3 Å². The smallest absolute Gasteiger partial charge is 0.161 e. The Hall–Kier alpha value is -2.48. The van der Waals surface area contributed by atoms with Gasteiger partial charge in [0.05, 0.1) is 5.69 Å². The summed E-state index contributed by atoms with van der Waals surface area (Å²) in [5, 5.41) is 0. The Morgan fingerprint density at radius 1 is 1.10 bits per heavy atom. The largest absolute Gasteiger partial charge is 0.294 e. The molecule has 0 unspecified atom stereocenters. The highest BCUT2D eigenvalue weighted by molar-refractivity contribution is 6.13. The molecule has 0 radical (unpaired) electrons. The van der Waals surface area contributed by atoms with Gasteiger partial charge in [-0.25, -0.2) is 0 Å². The fourth-order valence-electron chi connectivity index (χ4n) is 2.46. The van der Waals surface area contributed by atoms with E-state index in [1.54, 1.807) is 6.92 Å². The molecule has 0 saturated heterocycles. The molecular formula is C18H15NO. The molecule has 1 aliphatic rings. The molecule has 2 aromatic rings. The van der Waals surface area contributed by atoms with Crippen molar-refractivity contribution in [3.8, 4) is 0 Å². The van der Waals surface area contributed by atoms with E-state index < -0.39 is 0 Å². The van der Waals surface area contributed by atoms with E-state index in [4.69, 9.17) is 0 Å².